The van der Waals surface area contributed by atoms with Crippen LogP contribution >= 0.6 is 0 Å². The van der Waals surface area contributed by atoms with E-state index in [9.17, 15) is 9.90 Å². The van der Waals surface area contributed by atoms with Crippen molar-refractivity contribution < 1.29 is 19.4 Å². The summed E-state index contributed by atoms with van der Waals surface area (Å²) >= 11 is 0. The molecule has 0 saturated heterocycles. The lowest BCUT2D eigenvalue weighted by molar-refractivity contribution is -0.305. The third-order valence-corrected chi connectivity index (χ3v) is 2.62. The molecule has 0 aromatic heterocycles. The molecule has 0 aliphatic rings. The third-order valence-electron chi connectivity index (χ3n) is 2.62. The Morgan fingerprint density at radius 3 is 2.47 bits per heavy atom. The van der Waals surface area contributed by atoms with Crippen LogP contribution in [0.4, 0.5) is 0 Å². The number of carbonyl (C=O) groups is 1. The van der Waals surface area contributed by atoms with E-state index in [4.69, 9.17) is 9.47 Å². The molecular weight excluding hydrogens is 220 g/mol. The minimum absolute atomic E-state index is 0.170. The summed E-state index contributed by atoms with van der Waals surface area (Å²) in [7, 11) is 0. The number of ether oxygens (including phenoxy) is 2. The molecule has 0 N–H and O–H groups in total. The van der Waals surface area contributed by atoms with Crippen LogP contribution in [0.5, 0.6) is 0 Å². The van der Waals surface area contributed by atoms with E-state index in [1.807, 2.05) is 0 Å². The Labute approximate surface area is 104 Å². The Morgan fingerprint density at radius 2 is 1.82 bits per heavy atom. The molecule has 0 amide bonds. The van der Waals surface area contributed by atoms with Gasteiger partial charge < -0.3 is 19.4 Å². The molecule has 0 saturated carbocycles. The van der Waals surface area contributed by atoms with Crippen molar-refractivity contribution in [3.05, 3.63) is 0 Å². The minimum atomic E-state index is -0.955. The Balaban J connectivity index is 3.01. The molecule has 0 bridgehead atoms. The van der Waals surface area contributed by atoms with Crippen LogP contribution in [-0.2, 0) is 14.3 Å². The molecule has 102 valence electrons. The third kappa shape index (κ3) is 13.3. The van der Waals surface area contributed by atoms with Crippen molar-refractivity contribution in [3.63, 3.8) is 0 Å². The smallest absolute Gasteiger partial charge is 0.0704 e. The molecule has 0 aromatic rings. The van der Waals surface area contributed by atoms with E-state index >= 15 is 0 Å². The van der Waals surface area contributed by atoms with Gasteiger partial charge in [-0.05, 0) is 32.6 Å². The molecule has 0 rings (SSSR count). The predicted octanol–water partition coefficient (Wildman–Crippen LogP) is 1.52. The van der Waals surface area contributed by atoms with E-state index in [0.29, 0.717) is 25.7 Å². The number of hydrogen-bond acceptors (Lipinski definition) is 4. The Morgan fingerprint density at radius 1 is 1.12 bits per heavy atom. The summed E-state index contributed by atoms with van der Waals surface area (Å²) in [5.74, 6) is -0.955. The second-order valence-electron chi connectivity index (χ2n) is 4.24. The summed E-state index contributed by atoms with van der Waals surface area (Å²) in [5.41, 5.74) is 0. The van der Waals surface area contributed by atoms with Gasteiger partial charge in [-0.25, -0.2) is 0 Å². The summed E-state index contributed by atoms with van der Waals surface area (Å²) < 4.78 is 10.9. The summed E-state index contributed by atoms with van der Waals surface area (Å²) in [4.78, 5) is 10.1. The highest BCUT2D eigenvalue weighted by molar-refractivity contribution is 5.63. The van der Waals surface area contributed by atoms with Crippen LogP contribution in [0.25, 0.3) is 0 Å². The lowest BCUT2D eigenvalue weighted by Gasteiger charge is -2.10. The Kier molecular flexibility index (Phi) is 11.4. The minimum Gasteiger partial charge on any atom is -0.550 e. The highest BCUT2D eigenvalue weighted by Gasteiger charge is 1.97. The Bertz CT molecular complexity index is 182. The van der Waals surface area contributed by atoms with Crippen molar-refractivity contribution in [1.82, 2.24) is 0 Å². The summed E-state index contributed by atoms with van der Waals surface area (Å²) in [5, 5.41) is 10.1. The zero-order valence-electron chi connectivity index (χ0n) is 11.1. The quantitative estimate of drug-likeness (QED) is 0.489. The highest BCUT2D eigenvalue weighted by atomic mass is 16.5. The first-order chi connectivity index (χ1) is 8.16. The van der Waals surface area contributed by atoms with Crippen LogP contribution in [0.2, 0.25) is 0 Å². The number of aliphatic carboxylic acids is 1. The van der Waals surface area contributed by atoms with Gasteiger partial charge in [-0.3, -0.25) is 0 Å². The molecule has 17 heavy (non-hydrogen) atoms. The van der Waals surface area contributed by atoms with Crippen molar-refractivity contribution in [2.24, 2.45) is 0 Å². The second kappa shape index (κ2) is 11.9. The molecule has 0 heterocycles. The van der Waals surface area contributed by atoms with Crippen molar-refractivity contribution in [2.45, 2.75) is 58.5 Å². The van der Waals surface area contributed by atoms with Crippen LogP contribution in [0.1, 0.15) is 52.4 Å². The number of carbonyl (C=O) groups excluding carboxylic acids is 1. The van der Waals surface area contributed by atoms with Gasteiger partial charge in [-0.15, -0.1) is 0 Å². The van der Waals surface area contributed by atoms with E-state index in [0.717, 1.165) is 32.3 Å². The fourth-order valence-electron chi connectivity index (χ4n) is 1.36. The van der Waals surface area contributed by atoms with Crippen molar-refractivity contribution in [3.8, 4) is 0 Å². The number of carboxylic acid groups (broad SMARTS) is 1. The molecular formula is C13H25O4-. The summed E-state index contributed by atoms with van der Waals surface area (Å²) in [6.45, 7) is 6.17. The lowest BCUT2D eigenvalue weighted by Crippen LogP contribution is -2.21. The molecule has 0 radical (unpaired) electrons. The monoisotopic (exact) mass is 245 g/mol. The van der Waals surface area contributed by atoms with Crippen LogP contribution in [0.3, 0.4) is 0 Å². The summed E-state index contributed by atoms with van der Waals surface area (Å²) in [6.07, 6.45) is 5.14. The molecule has 4 heteroatoms. The van der Waals surface area contributed by atoms with Gasteiger partial charge in [-0.2, -0.15) is 0 Å². The number of rotatable bonds is 12. The van der Waals surface area contributed by atoms with E-state index in [2.05, 4.69) is 13.8 Å². The van der Waals surface area contributed by atoms with E-state index in [1.165, 1.54) is 0 Å². The number of unbranched alkanes of at least 4 members (excludes halogenated alkanes) is 3. The molecule has 0 aromatic carbocycles. The van der Waals surface area contributed by atoms with Gasteiger partial charge in [0.25, 0.3) is 0 Å². The number of carboxylic acids is 1. The molecule has 0 aliphatic heterocycles. The molecule has 1 unspecified atom stereocenters. The van der Waals surface area contributed by atoms with Crippen LogP contribution in [-0.4, -0.2) is 31.9 Å². The van der Waals surface area contributed by atoms with Gasteiger partial charge in [0.1, 0.15) is 0 Å². The highest BCUT2D eigenvalue weighted by Crippen LogP contribution is 2.02. The molecule has 0 fully saturated rings. The average molecular weight is 245 g/mol. The zero-order valence-corrected chi connectivity index (χ0v) is 11.1. The van der Waals surface area contributed by atoms with Gasteiger partial charge in [-0.1, -0.05) is 19.8 Å². The fraction of sp³-hybridized carbons (Fsp3) is 0.923. The van der Waals surface area contributed by atoms with E-state index < -0.39 is 5.97 Å². The molecule has 0 spiro atoms. The van der Waals surface area contributed by atoms with Gasteiger partial charge in [0, 0.05) is 12.6 Å². The lowest BCUT2D eigenvalue weighted by atomic mass is 10.1. The van der Waals surface area contributed by atoms with Gasteiger partial charge in [0.05, 0.1) is 19.3 Å². The largest absolute Gasteiger partial charge is 0.550 e. The zero-order chi connectivity index (χ0) is 12.9. The van der Waals surface area contributed by atoms with Crippen LogP contribution in [0.15, 0.2) is 0 Å². The first-order valence-electron chi connectivity index (χ1n) is 6.56. The van der Waals surface area contributed by atoms with Crippen LogP contribution in [0, 0.1) is 0 Å². The molecule has 4 nitrogen and oxygen atoms in total. The van der Waals surface area contributed by atoms with Gasteiger partial charge >= 0.3 is 0 Å². The van der Waals surface area contributed by atoms with Gasteiger partial charge in [0.15, 0.2) is 0 Å². The second-order valence-corrected chi connectivity index (χ2v) is 4.24. The topological polar surface area (TPSA) is 58.6 Å². The normalized spacial score (nSPS) is 12.6. The Hall–Kier alpha value is -0.610. The fourth-order valence-corrected chi connectivity index (χ4v) is 1.36. The average Bonchev–Trinajstić information content (AvgIpc) is 2.30. The number of hydrogen-bond donors (Lipinski definition) is 0. The first-order valence-corrected chi connectivity index (χ1v) is 6.56. The van der Waals surface area contributed by atoms with Crippen molar-refractivity contribution in [1.29, 1.82) is 0 Å². The van der Waals surface area contributed by atoms with Crippen molar-refractivity contribution in [2.75, 3.05) is 19.8 Å². The van der Waals surface area contributed by atoms with E-state index in [1.54, 1.807) is 0 Å². The summed E-state index contributed by atoms with van der Waals surface area (Å²) in [6, 6.07) is 0. The van der Waals surface area contributed by atoms with Crippen molar-refractivity contribution >= 4 is 5.97 Å². The predicted molar refractivity (Wildman–Crippen MR) is 64.6 cm³/mol. The maximum Gasteiger partial charge on any atom is 0.0704 e. The van der Waals surface area contributed by atoms with E-state index in [-0.39, 0.29) is 6.42 Å². The van der Waals surface area contributed by atoms with Crippen LogP contribution < -0.4 is 5.11 Å². The van der Waals surface area contributed by atoms with Gasteiger partial charge in [0.2, 0.25) is 0 Å². The molecule has 0 aliphatic carbocycles. The first kappa shape index (κ1) is 16.4. The SMILES string of the molecule is CCC(C)OCCOCCCCCCC(=O)[O-]. The molecule has 1 atom stereocenters. The maximum atomic E-state index is 10.1. The standard InChI is InChI=1S/C13H26O4/c1-3-12(2)17-11-10-16-9-7-5-4-6-8-13(14)15/h12H,3-11H2,1-2H3,(H,14,15)/p-1. The maximum absolute atomic E-state index is 10.1.